The molecule has 15 nitrogen and oxygen atoms in total. The van der Waals surface area contributed by atoms with Gasteiger partial charge in [0.15, 0.2) is 11.4 Å². The van der Waals surface area contributed by atoms with Crippen LogP contribution in [-0.2, 0) is 29.1 Å². The van der Waals surface area contributed by atoms with Gasteiger partial charge in [0.2, 0.25) is 27.7 Å². The molecule has 1 saturated heterocycles. The van der Waals surface area contributed by atoms with E-state index in [1.807, 2.05) is 44.3 Å². The number of alkyl carbamates (subject to hydrolysis) is 1. The summed E-state index contributed by atoms with van der Waals surface area (Å²) < 4.78 is 74.6. The van der Waals surface area contributed by atoms with Crippen LogP contribution in [0.3, 0.4) is 0 Å². The number of pyridine rings is 1. The number of rotatable bonds is 8. The molecule has 4 heterocycles. The maximum absolute atomic E-state index is 14.9. The molecule has 1 aromatic carbocycles. The molecule has 59 heavy (non-hydrogen) atoms. The van der Waals surface area contributed by atoms with Gasteiger partial charge in [-0.05, 0) is 82.4 Å². The molecule has 0 bridgehead atoms. The van der Waals surface area contributed by atoms with E-state index in [0.29, 0.717) is 63.3 Å². The Morgan fingerprint density at radius 1 is 1.07 bits per heavy atom. The zero-order valence-corrected chi connectivity index (χ0v) is 35.1. The monoisotopic (exact) mass is 844 g/mol. The van der Waals surface area contributed by atoms with E-state index in [1.165, 1.54) is 4.90 Å². The number of amides is 4. The van der Waals surface area contributed by atoms with Crippen molar-refractivity contribution in [2.45, 2.75) is 120 Å². The van der Waals surface area contributed by atoms with E-state index in [9.17, 15) is 36.4 Å². The summed E-state index contributed by atoms with van der Waals surface area (Å²) in [5, 5.41) is 6.12. The second kappa shape index (κ2) is 15.7. The molecular formula is C41H54F2N6O9S. The Labute approximate surface area is 343 Å². The number of hydrogen-bond acceptors (Lipinski definition) is 11. The van der Waals surface area contributed by atoms with Crippen molar-refractivity contribution < 1.29 is 50.6 Å². The summed E-state index contributed by atoms with van der Waals surface area (Å²) in [4.78, 5) is 64.5. The molecule has 7 rings (SSSR count). The van der Waals surface area contributed by atoms with Crippen molar-refractivity contribution in [3.63, 3.8) is 0 Å². The molecule has 3 aliphatic heterocycles. The summed E-state index contributed by atoms with van der Waals surface area (Å²) in [7, 11) is -1.99. The number of alkyl halides is 2. The van der Waals surface area contributed by atoms with Crippen LogP contribution < -0.4 is 29.7 Å². The van der Waals surface area contributed by atoms with Gasteiger partial charge >= 0.3 is 6.09 Å². The fourth-order valence-corrected chi connectivity index (χ4v) is 9.64. The van der Waals surface area contributed by atoms with Crippen LogP contribution in [0.1, 0.15) is 79.6 Å². The third-order valence-electron chi connectivity index (χ3n) is 12.5. The largest absolute Gasteiger partial charge is 0.489 e. The van der Waals surface area contributed by atoms with E-state index in [2.05, 4.69) is 25.2 Å². The molecule has 7 atom stereocenters. The van der Waals surface area contributed by atoms with Crippen molar-refractivity contribution in [1.82, 2.24) is 25.2 Å². The average Bonchev–Trinajstić information content (AvgIpc) is 4.08. The Balaban J connectivity index is 1.23. The van der Waals surface area contributed by atoms with Gasteiger partial charge in [0.25, 0.3) is 11.8 Å². The van der Waals surface area contributed by atoms with Crippen LogP contribution in [0.5, 0.6) is 11.6 Å². The smallest absolute Gasteiger partial charge is 0.408 e. The van der Waals surface area contributed by atoms with E-state index >= 15 is 0 Å². The lowest BCUT2D eigenvalue weighted by Crippen LogP contribution is -2.59. The number of fused-ring (bicyclic) bond motifs is 5. The van der Waals surface area contributed by atoms with Gasteiger partial charge in [-0.1, -0.05) is 26.0 Å². The molecule has 4 amide bonds. The van der Waals surface area contributed by atoms with Crippen LogP contribution >= 0.6 is 0 Å². The van der Waals surface area contributed by atoms with E-state index in [1.54, 1.807) is 13.1 Å². The van der Waals surface area contributed by atoms with Gasteiger partial charge < -0.3 is 34.6 Å². The number of ether oxygens (including phenoxy) is 3. The molecular weight excluding hydrogens is 791 g/mol. The van der Waals surface area contributed by atoms with Gasteiger partial charge in [-0.3, -0.25) is 19.1 Å². The molecule has 0 radical (unpaired) electrons. The Morgan fingerprint density at radius 2 is 1.81 bits per heavy atom. The number of aromatic nitrogens is 1. The molecule has 2 aliphatic carbocycles. The van der Waals surface area contributed by atoms with Crippen LogP contribution in [0.15, 0.2) is 36.5 Å². The third-order valence-corrected chi connectivity index (χ3v) is 14.3. The van der Waals surface area contributed by atoms with Crippen molar-refractivity contribution in [2.24, 2.45) is 17.8 Å². The fourth-order valence-electron chi connectivity index (χ4n) is 8.27. The van der Waals surface area contributed by atoms with E-state index < -0.39 is 86.2 Å². The maximum atomic E-state index is 14.9. The molecule has 3 fully saturated rings. The number of benzene rings is 1. The molecule has 5 aliphatic rings. The fraction of sp³-hybridized carbons (Fsp3) is 0.634. The summed E-state index contributed by atoms with van der Waals surface area (Å²) in [6.07, 6.45) is 5.90. The second-order valence-electron chi connectivity index (χ2n) is 17.6. The predicted molar refractivity (Wildman–Crippen MR) is 214 cm³/mol. The molecule has 18 heteroatoms. The average molecular weight is 845 g/mol. The van der Waals surface area contributed by atoms with Gasteiger partial charge in [0, 0.05) is 43.3 Å². The molecule has 0 spiro atoms. The first-order valence-corrected chi connectivity index (χ1v) is 21.9. The van der Waals surface area contributed by atoms with Crippen LogP contribution in [-0.4, -0.2) is 109 Å². The van der Waals surface area contributed by atoms with Gasteiger partial charge in [-0.25, -0.2) is 27.0 Å². The van der Waals surface area contributed by atoms with Crippen molar-refractivity contribution in [3.05, 3.63) is 36.5 Å². The quantitative estimate of drug-likeness (QED) is 0.320. The highest BCUT2D eigenvalue weighted by Gasteiger charge is 2.62. The maximum Gasteiger partial charge on any atom is 0.408 e. The zero-order valence-electron chi connectivity index (χ0n) is 34.3. The standard InChI is InChI=1S/C41H54F2N6O9S/c1-23-9-7-8-10-25-21-41(25,37(52)47-59(54,55)27-11-12-27)46-34(50)31-20-26(57-35-29-13-14-30-33(28(29)15-16-44-35)56-18-17-48(30)6)22-49(31)36(51)32(24(2)19-23)45-38(53)58-39(3,4)40(5,42)43/h8,10,13-16,23-27,31-32H,7,9,11-12,17-22H2,1-6H3,(H,45,53)(H,46,50)(H,47,52). The highest BCUT2D eigenvalue weighted by Crippen LogP contribution is 2.46. The first-order chi connectivity index (χ1) is 27.7. The number of carbonyl (C=O) groups is 4. The Kier molecular flexibility index (Phi) is 11.3. The minimum atomic E-state index is -3.96. The molecule has 2 aromatic rings. The summed E-state index contributed by atoms with van der Waals surface area (Å²) in [6, 6.07) is 3.02. The highest BCUT2D eigenvalue weighted by atomic mass is 32.2. The van der Waals surface area contributed by atoms with Crippen LogP contribution in [0.25, 0.3) is 10.8 Å². The predicted octanol–water partition coefficient (Wildman–Crippen LogP) is 4.44. The summed E-state index contributed by atoms with van der Waals surface area (Å²) >= 11 is 0. The summed E-state index contributed by atoms with van der Waals surface area (Å²) in [6.45, 7) is 7.58. The van der Waals surface area contributed by atoms with Gasteiger partial charge in [0.05, 0.1) is 24.0 Å². The molecule has 1 aromatic heterocycles. The number of halogens is 2. The molecule has 7 unspecified atom stereocenters. The molecule has 322 valence electrons. The number of likely N-dealkylation sites (N-methyl/N-ethyl adjacent to an activating group) is 1. The van der Waals surface area contributed by atoms with Gasteiger partial charge in [-0.2, -0.15) is 0 Å². The van der Waals surface area contributed by atoms with E-state index in [0.717, 1.165) is 24.9 Å². The topological polar surface area (TPSA) is 186 Å². The SMILES string of the molecule is CC1CCC=CC2CC2(C(=O)NS(=O)(=O)C2CC2)NC(=O)C2CC(Oc3nccc4c5c(ccc34)N(C)CCO5)CN2C(=O)C(NC(=O)OC(C)(C)C(C)(F)F)C(C)C1. The van der Waals surface area contributed by atoms with E-state index in [-0.39, 0.29) is 31.2 Å². The Hall–Kier alpha value is -4.74. The minimum Gasteiger partial charge on any atom is -0.489 e. The first kappa shape index (κ1) is 42.4. The minimum absolute atomic E-state index is 0.0254. The lowest BCUT2D eigenvalue weighted by Gasteiger charge is -2.35. The second-order valence-corrected chi connectivity index (χ2v) is 19.5. The summed E-state index contributed by atoms with van der Waals surface area (Å²) in [5.41, 5.74) is -2.91. The van der Waals surface area contributed by atoms with Crippen molar-refractivity contribution in [2.75, 3.05) is 31.6 Å². The van der Waals surface area contributed by atoms with Gasteiger partial charge in [-0.15, -0.1) is 0 Å². The lowest BCUT2D eigenvalue weighted by molar-refractivity contribution is -0.152. The highest BCUT2D eigenvalue weighted by molar-refractivity contribution is 7.91. The number of hydrogen-bond donors (Lipinski definition) is 3. The normalized spacial score (nSPS) is 29.2. The first-order valence-electron chi connectivity index (χ1n) is 20.4. The molecule has 3 N–H and O–H groups in total. The number of nitrogens with one attached hydrogen (secondary N) is 3. The number of nitrogens with zero attached hydrogens (tertiary/aromatic N) is 3. The Bertz CT molecular complexity index is 2140. The van der Waals surface area contributed by atoms with Crippen molar-refractivity contribution >= 4 is 50.3 Å². The number of anilines is 1. The van der Waals surface area contributed by atoms with Crippen molar-refractivity contribution in [3.8, 4) is 11.6 Å². The van der Waals surface area contributed by atoms with Crippen LogP contribution in [0.4, 0.5) is 19.3 Å². The van der Waals surface area contributed by atoms with Gasteiger partial charge in [0.1, 0.15) is 30.3 Å². The van der Waals surface area contributed by atoms with Crippen molar-refractivity contribution in [1.29, 1.82) is 0 Å². The molecule has 2 saturated carbocycles. The Morgan fingerprint density at radius 3 is 2.53 bits per heavy atom. The lowest BCUT2D eigenvalue weighted by atomic mass is 9.88. The number of allylic oxidation sites excluding steroid dienone is 1. The van der Waals surface area contributed by atoms with Crippen LogP contribution in [0, 0.1) is 17.8 Å². The van der Waals surface area contributed by atoms with Crippen LogP contribution in [0.2, 0.25) is 0 Å². The summed E-state index contributed by atoms with van der Waals surface area (Å²) in [5.74, 6) is -5.78. The third kappa shape index (κ3) is 8.64. The zero-order chi connectivity index (χ0) is 42.7. The number of sulfonamides is 1. The van der Waals surface area contributed by atoms with E-state index in [4.69, 9.17) is 14.2 Å². The number of carbonyl (C=O) groups excluding carboxylic acids is 4.